The van der Waals surface area contributed by atoms with Crippen LogP contribution < -0.4 is 10.6 Å². The van der Waals surface area contributed by atoms with Gasteiger partial charge >= 0.3 is 0 Å². The topological polar surface area (TPSA) is 62.5 Å². The van der Waals surface area contributed by atoms with Crippen LogP contribution in [0.2, 0.25) is 0 Å². The van der Waals surface area contributed by atoms with Crippen molar-refractivity contribution in [3.63, 3.8) is 0 Å². The fourth-order valence-electron chi connectivity index (χ4n) is 3.40. The number of hydrogen-bond donors (Lipinski definition) is 1. The van der Waals surface area contributed by atoms with Gasteiger partial charge in [-0.05, 0) is 17.9 Å². The molecular weight excluding hydrogens is 252 g/mol. The Morgan fingerprint density at radius 3 is 2.50 bits per heavy atom. The standard InChI is InChI=1S/C15H24N4O/c1-10-8-19(14-5-6-17-7-13(14)16)9-11(2)15(10)18(4)12(3)20/h5-7,10-11,15H,8-9,16H2,1-4H3/t10-,11+,15-. The van der Waals surface area contributed by atoms with Crippen LogP contribution in [0.25, 0.3) is 0 Å². The first kappa shape index (κ1) is 14.6. The number of rotatable bonds is 2. The van der Waals surface area contributed by atoms with E-state index in [0.717, 1.165) is 18.8 Å². The summed E-state index contributed by atoms with van der Waals surface area (Å²) in [4.78, 5) is 19.8. The molecule has 0 bridgehead atoms. The average Bonchev–Trinajstić information content (AvgIpc) is 2.38. The Bertz CT molecular complexity index is 479. The summed E-state index contributed by atoms with van der Waals surface area (Å²) in [5, 5.41) is 0. The molecule has 0 saturated carbocycles. The highest BCUT2D eigenvalue weighted by atomic mass is 16.2. The fraction of sp³-hybridized carbons (Fsp3) is 0.600. The first-order chi connectivity index (χ1) is 9.41. The number of piperidine rings is 1. The molecule has 5 heteroatoms. The smallest absolute Gasteiger partial charge is 0.219 e. The second kappa shape index (κ2) is 5.69. The quantitative estimate of drug-likeness (QED) is 0.891. The molecule has 1 aliphatic heterocycles. The third-order valence-electron chi connectivity index (χ3n) is 4.30. The molecule has 2 heterocycles. The summed E-state index contributed by atoms with van der Waals surface area (Å²) in [5.74, 6) is 0.936. The summed E-state index contributed by atoms with van der Waals surface area (Å²) in [5.41, 5.74) is 7.77. The minimum absolute atomic E-state index is 0.130. The summed E-state index contributed by atoms with van der Waals surface area (Å²) in [6.07, 6.45) is 3.47. The Labute approximate surface area is 120 Å². The lowest BCUT2D eigenvalue weighted by Gasteiger charge is -2.46. The Morgan fingerprint density at radius 1 is 1.40 bits per heavy atom. The zero-order chi connectivity index (χ0) is 14.9. The summed E-state index contributed by atoms with van der Waals surface area (Å²) >= 11 is 0. The highest BCUT2D eigenvalue weighted by Gasteiger charge is 2.35. The maximum absolute atomic E-state index is 11.6. The summed E-state index contributed by atoms with van der Waals surface area (Å²) < 4.78 is 0. The van der Waals surface area contributed by atoms with E-state index in [2.05, 4.69) is 23.7 Å². The summed E-state index contributed by atoms with van der Waals surface area (Å²) in [6.45, 7) is 7.84. The number of nitrogens with two attached hydrogens (primary N) is 1. The van der Waals surface area contributed by atoms with Crippen LogP contribution in [0.4, 0.5) is 11.4 Å². The van der Waals surface area contributed by atoms with Gasteiger partial charge in [0.2, 0.25) is 5.91 Å². The van der Waals surface area contributed by atoms with Gasteiger partial charge < -0.3 is 15.5 Å². The van der Waals surface area contributed by atoms with E-state index < -0.39 is 0 Å². The van der Waals surface area contributed by atoms with Crippen molar-refractivity contribution in [2.45, 2.75) is 26.8 Å². The van der Waals surface area contributed by atoms with Crippen molar-refractivity contribution in [1.29, 1.82) is 0 Å². The van der Waals surface area contributed by atoms with Crippen LogP contribution in [0.1, 0.15) is 20.8 Å². The van der Waals surface area contributed by atoms with E-state index in [1.165, 1.54) is 0 Å². The molecule has 1 aliphatic rings. The molecule has 2 N–H and O–H groups in total. The van der Waals surface area contributed by atoms with Crippen molar-refractivity contribution in [2.24, 2.45) is 11.8 Å². The largest absolute Gasteiger partial charge is 0.396 e. The van der Waals surface area contributed by atoms with E-state index in [-0.39, 0.29) is 11.9 Å². The number of nitrogen functional groups attached to an aromatic ring is 1. The van der Waals surface area contributed by atoms with Crippen LogP contribution in [0.3, 0.4) is 0 Å². The molecule has 3 atom stereocenters. The molecule has 0 spiro atoms. The number of carbonyl (C=O) groups excluding carboxylic acids is 1. The summed E-state index contributed by atoms with van der Waals surface area (Å²) in [6, 6.07) is 2.25. The van der Waals surface area contributed by atoms with Crippen molar-refractivity contribution in [1.82, 2.24) is 9.88 Å². The molecular formula is C15H24N4O. The van der Waals surface area contributed by atoms with E-state index in [4.69, 9.17) is 5.73 Å². The van der Waals surface area contributed by atoms with Crippen LogP contribution in [-0.4, -0.2) is 42.0 Å². The second-order valence-corrected chi connectivity index (χ2v) is 5.91. The molecule has 1 saturated heterocycles. The van der Waals surface area contributed by atoms with Crippen molar-refractivity contribution < 1.29 is 4.79 Å². The number of carbonyl (C=O) groups is 1. The van der Waals surface area contributed by atoms with Gasteiger partial charge in [0.25, 0.3) is 0 Å². The van der Waals surface area contributed by atoms with Gasteiger partial charge in [0.15, 0.2) is 0 Å². The van der Waals surface area contributed by atoms with Gasteiger partial charge in [-0.3, -0.25) is 9.78 Å². The molecule has 2 rings (SSSR count). The van der Waals surface area contributed by atoms with Gasteiger partial charge in [0.05, 0.1) is 17.6 Å². The van der Waals surface area contributed by atoms with Gasteiger partial charge in [-0.15, -0.1) is 0 Å². The molecule has 0 unspecified atom stereocenters. The minimum atomic E-state index is 0.130. The number of nitrogens with zero attached hydrogens (tertiary/aromatic N) is 3. The lowest BCUT2D eigenvalue weighted by atomic mass is 9.84. The zero-order valence-corrected chi connectivity index (χ0v) is 12.7. The third-order valence-corrected chi connectivity index (χ3v) is 4.30. The molecule has 1 amide bonds. The van der Waals surface area contributed by atoms with Crippen molar-refractivity contribution in [3.8, 4) is 0 Å². The number of aromatic nitrogens is 1. The molecule has 1 aromatic rings. The highest BCUT2D eigenvalue weighted by Crippen LogP contribution is 2.31. The van der Waals surface area contributed by atoms with Crippen molar-refractivity contribution in [2.75, 3.05) is 30.8 Å². The molecule has 20 heavy (non-hydrogen) atoms. The Morgan fingerprint density at radius 2 is 2.00 bits per heavy atom. The molecule has 0 aromatic carbocycles. The van der Waals surface area contributed by atoms with E-state index in [9.17, 15) is 4.79 Å². The van der Waals surface area contributed by atoms with Gasteiger partial charge in [-0.2, -0.15) is 0 Å². The normalized spacial score (nSPS) is 26.4. The average molecular weight is 276 g/mol. The Hall–Kier alpha value is -1.78. The lowest BCUT2D eigenvalue weighted by Crippen LogP contribution is -2.55. The second-order valence-electron chi connectivity index (χ2n) is 5.91. The van der Waals surface area contributed by atoms with Gasteiger partial charge in [-0.1, -0.05) is 13.8 Å². The SMILES string of the molecule is CC(=O)N(C)[C@@H]1[C@H](C)CN(c2ccncc2N)C[C@@H]1C. The van der Waals surface area contributed by atoms with Crippen molar-refractivity contribution in [3.05, 3.63) is 18.5 Å². The van der Waals surface area contributed by atoms with Crippen LogP contribution >= 0.6 is 0 Å². The maximum atomic E-state index is 11.6. The minimum Gasteiger partial charge on any atom is -0.396 e. The predicted molar refractivity (Wildman–Crippen MR) is 81.4 cm³/mol. The van der Waals surface area contributed by atoms with E-state index in [1.54, 1.807) is 19.3 Å². The van der Waals surface area contributed by atoms with Crippen LogP contribution in [0, 0.1) is 11.8 Å². The van der Waals surface area contributed by atoms with E-state index in [0.29, 0.717) is 17.5 Å². The van der Waals surface area contributed by atoms with Crippen LogP contribution in [-0.2, 0) is 4.79 Å². The van der Waals surface area contributed by atoms with E-state index >= 15 is 0 Å². The highest BCUT2D eigenvalue weighted by molar-refractivity contribution is 5.73. The Kier molecular flexibility index (Phi) is 4.16. The molecule has 1 aromatic heterocycles. The van der Waals surface area contributed by atoms with E-state index in [1.807, 2.05) is 18.0 Å². The number of pyridine rings is 1. The van der Waals surface area contributed by atoms with Gasteiger partial charge in [0, 0.05) is 39.3 Å². The first-order valence-electron chi connectivity index (χ1n) is 7.09. The molecule has 110 valence electrons. The van der Waals surface area contributed by atoms with Crippen LogP contribution in [0.15, 0.2) is 18.5 Å². The molecule has 1 fully saturated rings. The number of hydrogen-bond acceptors (Lipinski definition) is 4. The predicted octanol–water partition coefficient (Wildman–Crippen LogP) is 1.60. The monoisotopic (exact) mass is 276 g/mol. The molecule has 0 radical (unpaired) electrons. The van der Waals surface area contributed by atoms with Gasteiger partial charge in [0.1, 0.15) is 0 Å². The van der Waals surface area contributed by atoms with Gasteiger partial charge in [-0.25, -0.2) is 0 Å². The number of amides is 1. The molecule has 5 nitrogen and oxygen atoms in total. The molecule has 0 aliphatic carbocycles. The van der Waals surface area contributed by atoms with Crippen molar-refractivity contribution >= 4 is 17.3 Å². The third kappa shape index (κ3) is 2.71. The zero-order valence-electron chi connectivity index (χ0n) is 12.7. The first-order valence-corrected chi connectivity index (χ1v) is 7.09. The lowest BCUT2D eigenvalue weighted by molar-refractivity contribution is -0.131. The van der Waals surface area contributed by atoms with Crippen LogP contribution in [0.5, 0.6) is 0 Å². The summed E-state index contributed by atoms with van der Waals surface area (Å²) in [7, 11) is 1.90. The maximum Gasteiger partial charge on any atom is 0.219 e. The number of anilines is 2. The Balaban J connectivity index is 2.18. The fourth-order valence-corrected chi connectivity index (χ4v) is 3.40.